The van der Waals surface area contributed by atoms with Crippen LogP contribution in [0.2, 0.25) is 0 Å². The second-order valence-corrected chi connectivity index (χ2v) is 8.08. The van der Waals surface area contributed by atoms with Gasteiger partial charge in [0.15, 0.2) is 17.1 Å². The lowest BCUT2D eigenvalue weighted by molar-refractivity contribution is -0.155. The van der Waals surface area contributed by atoms with Gasteiger partial charge < -0.3 is 9.47 Å². The molecule has 1 aromatic heterocycles. The van der Waals surface area contributed by atoms with Gasteiger partial charge in [-0.3, -0.25) is 14.5 Å². The lowest BCUT2D eigenvalue weighted by Gasteiger charge is -2.26. The number of ketones is 1. The summed E-state index contributed by atoms with van der Waals surface area (Å²) in [5.41, 5.74) is 0.533. The molecule has 2 amide bonds. The van der Waals surface area contributed by atoms with Crippen molar-refractivity contribution >= 4 is 34.3 Å². The highest BCUT2D eigenvalue weighted by Gasteiger charge is 2.49. The molecule has 0 radical (unpaired) electrons. The molecule has 1 saturated heterocycles. The number of fused-ring (bicyclic) bond motifs is 1. The highest BCUT2D eigenvalue weighted by molar-refractivity contribution is 7.17. The van der Waals surface area contributed by atoms with Crippen LogP contribution in [0.25, 0.3) is 0 Å². The normalized spacial score (nSPS) is 25.3. The molecular formula is C16H21N3O5S. The van der Waals surface area contributed by atoms with Crippen molar-refractivity contribution in [1.82, 2.24) is 9.88 Å². The van der Waals surface area contributed by atoms with Gasteiger partial charge in [0.1, 0.15) is 0 Å². The Hall–Kier alpha value is -2.00. The number of carbonyl (C=O) groups excluding carboxylic acids is 3. The topological polar surface area (TPSA) is 89.0 Å². The highest BCUT2D eigenvalue weighted by Crippen LogP contribution is 2.41. The molecule has 2 aliphatic rings. The SMILES string of the molecule is COC1C(OC(C)=O)N(c2nc3c(s2)C(=O)CC(C)(C)C3)C(=O)N1C. The third kappa shape index (κ3) is 3.02. The van der Waals surface area contributed by atoms with E-state index in [1.54, 1.807) is 7.05 Å². The first kappa shape index (κ1) is 17.8. The molecule has 2 atom stereocenters. The van der Waals surface area contributed by atoms with Gasteiger partial charge in [-0.05, 0) is 11.8 Å². The predicted octanol–water partition coefficient (Wildman–Crippen LogP) is 2.03. The zero-order valence-corrected chi connectivity index (χ0v) is 15.7. The van der Waals surface area contributed by atoms with Crippen molar-refractivity contribution in [1.29, 1.82) is 0 Å². The summed E-state index contributed by atoms with van der Waals surface area (Å²) in [4.78, 5) is 44.3. The zero-order chi connectivity index (χ0) is 18.5. The number of anilines is 1. The molecular weight excluding hydrogens is 346 g/mol. The first-order valence-corrected chi connectivity index (χ1v) is 8.75. The summed E-state index contributed by atoms with van der Waals surface area (Å²) in [6.07, 6.45) is -0.585. The second kappa shape index (κ2) is 6.06. The van der Waals surface area contributed by atoms with Crippen LogP contribution in [-0.4, -0.2) is 54.3 Å². The van der Waals surface area contributed by atoms with E-state index in [0.29, 0.717) is 28.5 Å². The zero-order valence-electron chi connectivity index (χ0n) is 14.9. The fourth-order valence-corrected chi connectivity index (χ4v) is 4.30. The number of hydrogen-bond acceptors (Lipinski definition) is 7. The molecule has 0 saturated carbocycles. The molecule has 1 aliphatic carbocycles. The van der Waals surface area contributed by atoms with Crippen molar-refractivity contribution < 1.29 is 23.9 Å². The number of ether oxygens (including phenoxy) is 2. The van der Waals surface area contributed by atoms with Crippen LogP contribution in [-0.2, 0) is 20.7 Å². The molecule has 0 aromatic carbocycles. The average molecular weight is 367 g/mol. The molecule has 25 heavy (non-hydrogen) atoms. The summed E-state index contributed by atoms with van der Waals surface area (Å²) in [7, 11) is 3.00. The number of urea groups is 1. The molecule has 0 spiro atoms. The van der Waals surface area contributed by atoms with Gasteiger partial charge >= 0.3 is 12.0 Å². The quantitative estimate of drug-likeness (QED) is 0.760. The highest BCUT2D eigenvalue weighted by atomic mass is 32.1. The number of amides is 2. The Morgan fingerprint density at radius 1 is 1.28 bits per heavy atom. The summed E-state index contributed by atoms with van der Waals surface area (Å²) in [6.45, 7) is 5.31. The molecule has 2 unspecified atom stereocenters. The molecule has 2 heterocycles. The van der Waals surface area contributed by atoms with Crippen molar-refractivity contribution in [3.8, 4) is 0 Å². The van der Waals surface area contributed by atoms with Gasteiger partial charge in [0.2, 0.25) is 6.23 Å². The van der Waals surface area contributed by atoms with Gasteiger partial charge in [-0.25, -0.2) is 14.7 Å². The minimum atomic E-state index is -0.948. The van der Waals surface area contributed by atoms with Crippen molar-refractivity contribution in [2.75, 3.05) is 19.1 Å². The molecule has 0 bridgehead atoms. The summed E-state index contributed by atoms with van der Waals surface area (Å²) in [5.74, 6) is -0.499. The third-order valence-electron chi connectivity index (χ3n) is 4.35. The fourth-order valence-electron chi connectivity index (χ4n) is 3.26. The Morgan fingerprint density at radius 2 is 1.96 bits per heavy atom. The van der Waals surface area contributed by atoms with Crippen LogP contribution in [0, 0.1) is 5.41 Å². The van der Waals surface area contributed by atoms with E-state index in [4.69, 9.17) is 9.47 Å². The number of esters is 1. The van der Waals surface area contributed by atoms with Gasteiger partial charge in [-0.15, -0.1) is 0 Å². The van der Waals surface area contributed by atoms with E-state index in [1.165, 1.54) is 23.8 Å². The summed E-state index contributed by atoms with van der Waals surface area (Å²) >= 11 is 1.16. The lowest BCUT2D eigenvalue weighted by atomic mass is 9.78. The number of hydrogen-bond donors (Lipinski definition) is 0. The number of carbonyl (C=O) groups is 3. The van der Waals surface area contributed by atoms with Crippen molar-refractivity contribution in [2.45, 2.75) is 46.1 Å². The molecule has 9 heteroatoms. The van der Waals surface area contributed by atoms with Crippen molar-refractivity contribution in [2.24, 2.45) is 5.41 Å². The maximum absolute atomic E-state index is 12.7. The third-order valence-corrected chi connectivity index (χ3v) is 5.48. The Bertz CT molecular complexity index is 744. The van der Waals surface area contributed by atoms with E-state index in [9.17, 15) is 14.4 Å². The van der Waals surface area contributed by atoms with E-state index < -0.39 is 24.5 Å². The minimum absolute atomic E-state index is 0.0299. The van der Waals surface area contributed by atoms with E-state index in [0.717, 1.165) is 11.3 Å². The molecule has 1 fully saturated rings. The Balaban J connectivity index is 2.01. The number of Topliss-reactive ketones (excluding diaryl/α,β-unsaturated/α-hetero) is 1. The van der Waals surface area contributed by atoms with Gasteiger partial charge in [0.05, 0.1) is 10.6 Å². The van der Waals surface area contributed by atoms with Crippen LogP contribution in [0.5, 0.6) is 0 Å². The number of rotatable bonds is 3. The van der Waals surface area contributed by atoms with Gasteiger partial charge in [-0.2, -0.15) is 0 Å². The number of likely N-dealkylation sites (N-methyl/N-ethyl adjacent to an activating group) is 1. The minimum Gasteiger partial charge on any atom is -0.436 e. The van der Waals surface area contributed by atoms with Gasteiger partial charge in [-0.1, -0.05) is 25.2 Å². The van der Waals surface area contributed by atoms with Gasteiger partial charge in [0, 0.05) is 27.5 Å². The number of aromatic nitrogens is 1. The first-order chi connectivity index (χ1) is 11.6. The number of thiazole rings is 1. The second-order valence-electron chi connectivity index (χ2n) is 7.10. The Kier molecular flexibility index (Phi) is 4.32. The van der Waals surface area contributed by atoms with E-state index in [-0.39, 0.29) is 11.2 Å². The number of nitrogens with zero attached hydrogens (tertiary/aromatic N) is 3. The molecule has 1 aliphatic heterocycles. The Morgan fingerprint density at radius 3 is 2.56 bits per heavy atom. The van der Waals surface area contributed by atoms with E-state index in [1.807, 2.05) is 13.8 Å². The number of methoxy groups -OCH3 is 1. The summed E-state index contributed by atoms with van der Waals surface area (Å²) in [5, 5.41) is 0.346. The average Bonchev–Trinajstić information content (AvgIpc) is 2.98. The smallest absolute Gasteiger partial charge is 0.331 e. The predicted molar refractivity (Wildman–Crippen MR) is 90.5 cm³/mol. The van der Waals surface area contributed by atoms with Crippen LogP contribution in [0.1, 0.15) is 42.6 Å². The molecule has 8 nitrogen and oxygen atoms in total. The molecule has 136 valence electrons. The summed E-state index contributed by atoms with van der Waals surface area (Å²) in [6, 6.07) is -0.393. The maximum atomic E-state index is 12.7. The lowest BCUT2D eigenvalue weighted by Crippen LogP contribution is -2.41. The standard InChI is InChI=1S/C16H21N3O5S/c1-8(20)24-13-12(23-5)18(4)15(22)19(13)14-17-9-6-16(2,3)7-10(21)11(9)25-14/h12-13H,6-7H2,1-5H3. The van der Waals surface area contributed by atoms with Crippen LogP contribution in [0.3, 0.4) is 0 Å². The van der Waals surface area contributed by atoms with Crippen LogP contribution in [0.15, 0.2) is 0 Å². The monoisotopic (exact) mass is 367 g/mol. The van der Waals surface area contributed by atoms with E-state index >= 15 is 0 Å². The van der Waals surface area contributed by atoms with Crippen LogP contribution < -0.4 is 4.90 Å². The molecule has 0 N–H and O–H groups in total. The molecule has 1 aromatic rings. The summed E-state index contributed by atoms with van der Waals surface area (Å²) < 4.78 is 10.6. The van der Waals surface area contributed by atoms with Crippen molar-refractivity contribution in [3.05, 3.63) is 10.6 Å². The first-order valence-electron chi connectivity index (χ1n) is 7.93. The van der Waals surface area contributed by atoms with E-state index in [2.05, 4.69) is 4.98 Å². The van der Waals surface area contributed by atoms with Crippen LogP contribution in [0.4, 0.5) is 9.93 Å². The fraction of sp³-hybridized carbons (Fsp3) is 0.625. The van der Waals surface area contributed by atoms with Gasteiger partial charge in [0.25, 0.3) is 0 Å². The molecule has 3 rings (SSSR count). The largest absolute Gasteiger partial charge is 0.436 e. The van der Waals surface area contributed by atoms with Crippen LogP contribution >= 0.6 is 11.3 Å². The Labute approximate surface area is 149 Å². The van der Waals surface area contributed by atoms with Crippen molar-refractivity contribution in [3.63, 3.8) is 0 Å². The maximum Gasteiger partial charge on any atom is 0.331 e.